The highest BCUT2D eigenvalue weighted by Crippen LogP contribution is 2.24. The molecule has 1 unspecified atom stereocenters. The number of hydrogen-bond donors (Lipinski definition) is 3. The van der Waals surface area contributed by atoms with Crippen molar-refractivity contribution in [2.24, 2.45) is 0 Å². The van der Waals surface area contributed by atoms with E-state index < -0.39 is 6.10 Å². The first kappa shape index (κ1) is 16.0. The molecule has 0 saturated heterocycles. The summed E-state index contributed by atoms with van der Waals surface area (Å²) >= 11 is 0. The molecule has 0 spiro atoms. The zero-order chi connectivity index (χ0) is 14.5. The quantitative estimate of drug-likeness (QED) is 0.738. The zero-order valence-corrected chi connectivity index (χ0v) is 12.2. The van der Waals surface area contributed by atoms with Crippen LogP contribution in [0, 0.1) is 0 Å². The molecule has 0 aromatic heterocycles. The van der Waals surface area contributed by atoms with E-state index in [1.54, 1.807) is 12.1 Å². The molecule has 0 saturated carbocycles. The third kappa shape index (κ3) is 5.19. The summed E-state index contributed by atoms with van der Waals surface area (Å²) < 4.78 is 5.42. The van der Waals surface area contributed by atoms with E-state index in [2.05, 4.69) is 26.1 Å². The monoisotopic (exact) mass is 267 g/mol. The van der Waals surface area contributed by atoms with Crippen LogP contribution in [0.3, 0.4) is 0 Å². The number of ether oxygens (including phenoxy) is 1. The van der Waals surface area contributed by atoms with Crippen LogP contribution in [0.4, 0.5) is 0 Å². The minimum atomic E-state index is -0.597. The first-order valence-corrected chi connectivity index (χ1v) is 6.67. The van der Waals surface area contributed by atoms with Crippen molar-refractivity contribution in [2.75, 3.05) is 13.2 Å². The highest BCUT2D eigenvalue weighted by molar-refractivity contribution is 5.37. The van der Waals surface area contributed by atoms with Crippen molar-refractivity contribution in [2.45, 2.75) is 45.9 Å². The molecule has 0 heterocycles. The van der Waals surface area contributed by atoms with E-state index in [1.807, 2.05) is 13.0 Å². The van der Waals surface area contributed by atoms with Gasteiger partial charge in [0.1, 0.15) is 5.75 Å². The van der Waals surface area contributed by atoms with Gasteiger partial charge in [0.15, 0.2) is 0 Å². The minimum absolute atomic E-state index is 0.0357. The van der Waals surface area contributed by atoms with Crippen molar-refractivity contribution >= 4 is 0 Å². The molecule has 1 rings (SSSR count). The lowest BCUT2D eigenvalue weighted by atomic mass is 10.0. The van der Waals surface area contributed by atoms with Crippen LogP contribution in [0.1, 0.15) is 44.9 Å². The van der Waals surface area contributed by atoms with Crippen molar-refractivity contribution in [3.8, 4) is 5.75 Å². The second kappa shape index (κ2) is 6.89. The van der Waals surface area contributed by atoms with Gasteiger partial charge in [-0.15, -0.1) is 0 Å². The second-order valence-corrected chi connectivity index (χ2v) is 5.60. The van der Waals surface area contributed by atoms with Crippen LogP contribution in [0.2, 0.25) is 0 Å². The molecular formula is C15H25NO3. The fourth-order valence-electron chi connectivity index (χ4n) is 1.75. The normalized spacial score (nSPS) is 13.4. The summed E-state index contributed by atoms with van der Waals surface area (Å²) in [4.78, 5) is 0. The van der Waals surface area contributed by atoms with E-state index in [0.717, 1.165) is 5.56 Å². The van der Waals surface area contributed by atoms with Gasteiger partial charge in [-0.3, -0.25) is 0 Å². The SMILES string of the molecule is CCOc1ccc(C(O)CNC(C)(C)C)cc1CO. The van der Waals surface area contributed by atoms with Crippen LogP contribution in [-0.4, -0.2) is 28.9 Å². The zero-order valence-electron chi connectivity index (χ0n) is 12.2. The largest absolute Gasteiger partial charge is 0.494 e. The standard InChI is InChI=1S/C15H25NO3/c1-5-19-14-7-6-11(8-12(14)10-17)13(18)9-16-15(2,3)4/h6-8,13,16-18H,5,9-10H2,1-4H3. The van der Waals surface area contributed by atoms with Gasteiger partial charge in [0.05, 0.1) is 19.3 Å². The Labute approximate surface area is 115 Å². The van der Waals surface area contributed by atoms with E-state index in [9.17, 15) is 10.2 Å². The maximum atomic E-state index is 10.1. The summed E-state index contributed by atoms with van der Waals surface area (Å²) in [5, 5.41) is 22.7. The third-order valence-corrected chi connectivity index (χ3v) is 2.77. The van der Waals surface area contributed by atoms with Gasteiger partial charge in [-0.2, -0.15) is 0 Å². The van der Waals surface area contributed by atoms with E-state index in [1.165, 1.54) is 0 Å². The number of nitrogens with one attached hydrogen (secondary N) is 1. The Kier molecular flexibility index (Phi) is 5.79. The predicted octanol–water partition coefficient (Wildman–Crippen LogP) is 2.00. The molecule has 108 valence electrons. The molecule has 4 heteroatoms. The van der Waals surface area contributed by atoms with Gasteiger partial charge in [0, 0.05) is 17.6 Å². The summed E-state index contributed by atoms with van der Waals surface area (Å²) in [6.45, 7) is 8.99. The van der Waals surface area contributed by atoms with Gasteiger partial charge in [0.25, 0.3) is 0 Å². The number of aliphatic hydroxyl groups excluding tert-OH is 2. The lowest BCUT2D eigenvalue weighted by molar-refractivity contribution is 0.163. The van der Waals surface area contributed by atoms with Gasteiger partial charge in [-0.05, 0) is 45.4 Å². The first-order chi connectivity index (χ1) is 8.87. The molecule has 19 heavy (non-hydrogen) atoms. The Bertz CT molecular complexity index is 399. The van der Waals surface area contributed by atoms with Gasteiger partial charge in [0.2, 0.25) is 0 Å². The van der Waals surface area contributed by atoms with Crippen LogP contribution in [-0.2, 0) is 6.61 Å². The van der Waals surface area contributed by atoms with E-state index in [-0.39, 0.29) is 12.1 Å². The fourth-order valence-corrected chi connectivity index (χ4v) is 1.75. The highest BCUT2D eigenvalue weighted by atomic mass is 16.5. The first-order valence-electron chi connectivity index (χ1n) is 6.67. The Balaban J connectivity index is 2.78. The summed E-state index contributed by atoms with van der Waals surface area (Å²) in [5.74, 6) is 0.671. The van der Waals surface area contributed by atoms with Gasteiger partial charge in [-0.1, -0.05) is 6.07 Å². The Morgan fingerprint density at radius 2 is 2.00 bits per heavy atom. The number of benzene rings is 1. The maximum absolute atomic E-state index is 10.1. The molecular weight excluding hydrogens is 242 g/mol. The minimum Gasteiger partial charge on any atom is -0.494 e. The Morgan fingerprint density at radius 1 is 1.32 bits per heavy atom. The Morgan fingerprint density at radius 3 is 2.53 bits per heavy atom. The molecule has 0 aliphatic carbocycles. The average molecular weight is 267 g/mol. The van der Waals surface area contributed by atoms with Crippen LogP contribution in [0.25, 0.3) is 0 Å². The molecule has 0 radical (unpaired) electrons. The summed E-state index contributed by atoms with van der Waals surface area (Å²) in [6, 6.07) is 5.42. The molecule has 4 nitrogen and oxygen atoms in total. The maximum Gasteiger partial charge on any atom is 0.124 e. The average Bonchev–Trinajstić information content (AvgIpc) is 2.36. The lowest BCUT2D eigenvalue weighted by Gasteiger charge is -2.23. The summed E-state index contributed by atoms with van der Waals surface area (Å²) in [6.07, 6.45) is -0.597. The molecule has 0 amide bonds. The molecule has 0 bridgehead atoms. The van der Waals surface area contributed by atoms with Crippen LogP contribution < -0.4 is 10.1 Å². The van der Waals surface area contributed by atoms with Crippen LogP contribution >= 0.6 is 0 Å². The molecule has 0 fully saturated rings. The number of hydrogen-bond acceptors (Lipinski definition) is 4. The van der Waals surface area contributed by atoms with E-state index >= 15 is 0 Å². The van der Waals surface area contributed by atoms with Crippen LogP contribution in [0.15, 0.2) is 18.2 Å². The Hall–Kier alpha value is -1.10. The van der Waals surface area contributed by atoms with Gasteiger partial charge < -0.3 is 20.3 Å². The number of β-amino-alcohol motifs (C(OH)–C–C–N with tert-alkyl or cyclic N) is 1. The highest BCUT2D eigenvalue weighted by Gasteiger charge is 2.15. The number of rotatable bonds is 6. The molecule has 1 atom stereocenters. The summed E-state index contributed by atoms with van der Waals surface area (Å²) in [5.41, 5.74) is 1.45. The molecule has 3 N–H and O–H groups in total. The molecule has 0 aliphatic heterocycles. The van der Waals surface area contributed by atoms with Gasteiger partial charge in [-0.25, -0.2) is 0 Å². The van der Waals surface area contributed by atoms with Crippen molar-refractivity contribution in [3.63, 3.8) is 0 Å². The fraction of sp³-hybridized carbons (Fsp3) is 0.600. The summed E-state index contributed by atoms with van der Waals surface area (Å²) in [7, 11) is 0. The lowest BCUT2D eigenvalue weighted by Crippen LogP contribution is -2.38. The smallest absolute Gasteiger partial charge is 0.124 e. The topological polar surface area (TPSA) is 61.7 Å². The van der Waals surface area contributed by atoms with E-state index in [0.29, 0.717) is 24.5 Å². The molecule has 1 aromatic rings. The number of aliphatic hydroxyl groups is 2. The molecule has 1 aromatic carbocycles. The molecule has 0 aliphatic rings. The predicted molar refractivity (Wildman–Crippen MR) is 76.2 cm³/mol. The van der Waals surface area contributed by atoms with E-state index in [4.69, 9.17) is 4.74 Å². The van der Waals surface area contributed by atoms with Crippen molar-refractivity contribution in [1.29, 1.82) is 0 Å². The second-order valence-electron chi connectivity index (χ2n) is 5.60. The van der Waals surface area contributed by atoms with Crippen molar-refractivity contribution in [1.82, 2.24) is 5.32 Å². The van der Waals surface area contributed by atoms with Crippen molar-refractivity contribution in [3.05, 3.63) is 29.3 Å². The van der Waals surface area contributed by atoms with Crippen molar-refractivity contribution < 1.29 is 14.9 Å². The third-order valence-electron chi connectivity index (χ3n) is 2.77. The van der Waals surface area contributed by atoms with Gasteiger partial charge >= 0.3 is 0 Å². The van der Waals surface area contributed by atoms with Crippen LogP contribution in [0.5, 0.6) is 5.75 Å².